The van der Waals surface area contributed by atoms with Gasteiger partial charge < -0.3 is 4.74 Å². The number of nitrogens with zero attached hydrogens (tertiary/aromatic N) is 4. The van der Waals surface area contributed by atoms with Crippen LogP contribution in [0.5, 0.6) is 11.5 Å². The van der Waals surface area contributed by atoms with E-state index in [9.17, 15) is 2.74 Å². The lowest BCUT2D eigenvalue weighted by Gasteiger charge is -2.42. The topological polar surface area (TPSA) is 35.9 Å². The highest BCUT2D eigenvalue weighted by Gasteiger charge is 2.40. The molecule has 0 spiro atoms. The molecule has 2 aliphatic rings. The third-order valence-electron chi connectivity index (χ3n) is 19.3. The van der Waals surface area contributed by atoms with Gasteiger partial charge in [0.05, 0.1) is 40.3 Å². The van der Waals surface area contributed by atoms with Gasteiger partial charge in [0.1, 0.15) is 17.3 Å². The summed E-state index contributed by atoms with van der Waals surface area (Å²) in [4.78, 5) is 4.96. The average molecular weight is 1170 g/mol. The van der Waals surface area contributed by atoms with E-state index in [0.717, 1.165) is 102 Å². The van der Waals surface area contributed by atoms with Gasteiger partial charge in [-0.05, 0) is 195 Å². The van der Waals surface area contributed by atoms with Crippen LogP contribution in [-0.4, -0.2) is 14.1 Å². The number of hydrogen-bond donors (Lipinski definition) is 0. The van der Waals surface area contributed by atoms with E-state index in [1.54, 1.807) is 0 Å². The van der Waals surface area contributed by atoms with Gasteiger partial charge in [0.15, 0.2) is 0 Å². The van der Waals surface area contributed by atoms with Gasteiger partial charge >= 0.3 is 0 Å². The van der Waals surface area contributed by atoms with Crippen LogP contribution >= 0.6 is 0 Å². The first-order valence-corrected chi connectivity index (χ1v) is 31.7. The highest BCUT2D eigenvalue weighted by Crippen LogP contribution is 2.54. The lowest BCUT2D eigenvalue weighted by molar-refractivity contribution is -0.570. The van der Waals surface area contributed by atoms with E-state index in [1.807, 2.05) is 36.5 Å². The Bertz CT molecular complexity index is 5100. The van der Waals surface area contributed by atoms with Crippen molar-refractivity contribution in [2.75, 3.05) is 0 Å². The first kappa shape index (κ1) is 52.2. The molecule has 12 aromatic rings. The maximum absolute atomic E-state index is 9.57. The number of hydrogen-bond acceptors (Lipinski definition) is 2. The highest BCUT2D eigenvalue weighted by molar-refractivity contribution is 6.10. The Morgan fingerprint density at radius 1 is 0.461 bits per heavy atom. The standard InChI is InChI=1S/C84H84N4O/c1-79(2,3)55-35-38-85-76(46-55)88-73-32-23-22-31-64(73)65-34-33-61(48-74(65)88)89-60-28-24-27-59(47-60)86-51-87-77-66(54-39-56(80(4,5)6)43-57(40-54)81(7,8)9)44-58(82(10,11)12)45-70(77)68-50-72-71(83(13,14)36-37-84(72,15)16)49-67(68)62-29-20-21-30-63(62)69-41-53(42-75(86)78(69)87)52-25-18-17-19-26-52/h17-35,38-50H,36-37H2,1-16H3/i17D,18D,19D,25D,26D. The van der Waals surface area contributed by atoms with Crippen molar-refractivity contribution in [3.05, 3.63) is 234 Å². The monoisotopic (exact) mass is 1170 g/mol. The molecule has 0 N–H and O–H groups in total. The van der Waals surface area contributed by atoms with Crippen LogP contribution in [0.25, 0.3) is 106 Å². The molecule has 0 unspecified atom stereocenters. The number of para-hydroxylation sites is 1. The minimum atomic E-state index is -0.440. The second kappa shape index (κ2) is 20.4. The fourth-order valence-corrected chi connectivity index (χ4v) is 13.8. The van der Waals surface area contributed by atoms with Gasteiger partial charge in [-0.3, -0.25) is 13.7 Å². The molecule has 14 rings (SSSR count). The van der Waals surface area contributed by atoms with Crippen molar-refractivity contribution in [2.45, 2.75) is 156 Å². The number of aromatic nitrogens is 4. The fraction of sp³-hybridized carbons (Fsp3) is 0.286. The van der Waals surface area contributed by atoms with Gasteiger partial charge in [0.25, 0.3) is 6.33 Å². The van der Waals surface area contributed by atoms with Crippen molar-refractivity contribution < 1.29 is 16.2 Å². The molecule has 3 aromatic heterocycles. The molecule has 5 heteroatoms. The van der Waals surface area contributed by atoms with Crippen molar-refractivity contribution in [3.8, 4) is 84.3 Å². The van der Waals surface area contributed by atoms with Crippen LogP contribution in [0, 0.1) is 6.33 Å². The summed E-state index contributed by atoms with van der Waals surface area (Å²) in [5.74, 6) is 2.07. The zero-order valence-corrected chi connectivity index (χ0v) is 54.7. The van der Waals surface area contributed by atoms with E-state index in [4.69, 9.17) is 13.8 Å². The molecule has 4 heterocycles. The number of fused-ring (bicyclic) bond motifs is 11. The molecule has 0 fully saturated rings. The molecular weight excluding hydrogens is 1080 g/mol. The van der Waals surface area contributed by atoms with Crippen LogP contribution in [0.1, 0.15) is 164 Å². The molecule has 0 saturated carbocycles. The summed E-state index contributed by atoms with van der Waals surface area (Å²) in [5, 5.41) is 2.20. The third-order valence-corrected chi connectivity index (χ3v) is 19.3. The summed E-state index contributed by atoms with van der Waals surface area (Å²) in [6, 6.07) is 55.2. The number of imidazole rings is 1. The van der Waals surface area contributed by atoms with Crippen LogP contribution in [0.3, 0.4) is 0 Å². The van der Waals surface area contributed by atoms with E-state index < -0.39 is 18.1 Å². The average Bonchev–Trinajstić information content (AvgIpc) is 1.45. The van der Waals surface area contributed by atoms with Gasteiger partial charge in [0, 0.05) is 23.0 Å². The smallest absolute Gasteiger partial charge is 0.269 e. The third kappa shape index (κ3) is 10.0. The Labute approximate surface area is 534 Å². The Morgan fingerprint density at radius 2 is 1.04 bits per heavy atom. The molecule has 5 nitrogen and oxygen atoms in total. The first-order valence-electron chi connectivity index (χ1n) is 34.2. The summed E-state index contributed by atoms with van der Waals surface area (Å²) in [7, 11) is 0. The number of ether oxygens (including phenoxy) is 1. The molecule has 9 aromatic carbocycles. The lowest BCUT2D eigenvalue weighted by atomic mass is 9.62. The van der Waals surface area contributed by atoms with Gasteiger partial charge in [-0.25, -0.2) is 4.98 Å². The van der Waals surface area contributed by atoms with E-state index in [-0.39, 0.29) is 50.1 Å². The maximum Gasteiger partial charge on any atom is 0.269 e. The van der Waals surface area contributed by atoms with Crippen molar-refractivity contribution in [2.24, 2.45) is 0 Å². The summed E-state index contributed by atoms with van der Waals surface area (Å²) < 4.78 is 59.7. The van der Waals surface area contributed by atoms with E-state index >= 15 is 0 Å². The first-order chi connectivity index (χ1) is 44.2. The van der Waals surface area contributed by atoms with Crippen molar-refractivity contribution in [1.29, 1.82) is 0 Å². The van der Waals surface area contributed by atoms with E-state index in [0.29, 0.717) is 22.6 Å². The molecule has 1 aliphatic heterocycles. The fourth-order valence-electron chi connectivity index (χ4n) is 13.8. The number of benzene rings is 9. The summed E-state index contributed by atoms with van der Waals surface area (Å²) in [5.41, 5.74) is 20.7. The van der Waals surface area contributed by atoms with Crippen LogP contribution in [0.4, 0.5) is 0 Å². The largest absolute Gasteiger partial charge is 0.458 e. The zero-order valence-electron chi connectivity index (χ0n) is 59.7. The molecule has 0 saturated heterocycles. The predicted molar refractivity (Wildman–Crippen MR) is 373 cm³/mol. The normalized spacial score (nSPS) is 15.4. The van der Waals surface area contributed by atoms with E-state index in [1.165, 1.54) is 33.4 Å². The molecule has 89 heavy (non-hydrogen) atoms. The van der Waals surface area contributed by atoms with Crippen LogP contribution < -0.4 is 9.30 Å². The number of pyridine rings is 1. The molecule has 0 amide bonds. The predicted octanol–water partition coefficient (Wildman–Crippen LogP) is 22.2. The number of rotatable bonds is 6. The van der Waals surface area contributed by atoms with Gasteiger partial charge in [-0.2, -0.15) is 0 Å². The Hall–Kier alpha value is -8.80. The highest BCUT2D eigenvalue weighted by atomic mass is 16.5. The summed E-state index contributed by atoms with van der Waals surface area (Å²) in [6.07, 6.45) is 8.08. The van der Waals surface area contributed by atoms with Gasteiger partial charge in [-0.15, -0.1) is 0 Å². The van der Waals surface area contributed by atoms with Crippen molar-refractivity contribution in [3.63, 3.8) is 0 Å². The van der Waals surface area contributed by atoms with Crippen molar-refractivity contribution >= 4 is 32.8 Å². The van der Waals surface area contributed by atoms with Gasteiger partial charge in [-0.1, -0.05) is 232 Å². The Kier molecular flexibility index (Phi) is 11.9. The maximum atomic E-state index is 9.57. The van der Waals surface area contributed by atoms with E-state index in [2.05, 4.69) is 258 Å². The second-order valence-corrected chi connectivity index (χ2v) is 30.7. The minimum Gasteiger partial charge on any atom is -0.458 e. The van der Waals surface area contributed by atoms with Crippen LogP contribution in [0.2, 0.25) is 0 Å². The van der Waals surface area contributed by atoms with Crippen molar-refractivity contribution in [1.82, 2.24) is 14.1 Å². The quantitative estimate of drug-likeness (QED) is 0.123. The lowest BCUT2D eigenvalue weighted by Crippen LogP contribution is -2.34. The minimum absolute atomic E-state index is 0.0871. The molecule has 0 radical (unpaired) electrons. The van der Waals surface area contributed by atoms with Crippen LogP contribution in [0.15, 0.2) is 194 Å². The van der Waals surface area contributed by atoms with Gasteiger partial charge in [0.2, 0.25) is 0 Å². The summed E-state index contributed by atoms with van der Waals surface area (Å²) >= 11 is 0. The zero-order chi connectivity index (χ0) is 66.8. The Balaban J connectivity index is 1.11. The second-order valence-electron chi connectivity index (χ2n) is 30.7. The van der Waals surface area contributed by atoms with Crippen LogP contribution in [-0.2, 0) is 32.5 Å². The molecule has 446 valence electrons. The molecule has 1 aliphatic carbocycles. The molecule has 0 atom stereocenters. The SMILES string of the molecule is [2H]c1c([2H])c([2H])c(-c2cc3c4c(c2)n(-c2cccc(Oc5ccc6c7ccccc7n(-c7cc(C(C)(C)C)ccn7)c6c5)c2)[c-][n+]4-c2c(-c4cc(C(C)(C)C)cc(C(C)(C)C)c4)cc(C(C)(C)C)cc2-c2cc4c(cc2-c2ccccc2-3)C(C)(C)CCC4(C)C)c([2H])c1[2H]. The molecule has 0 bridgehead atoms. The summed E-state index contributed by atoms with van der Waals surface area (Å²) in [6.45, 7) is 37.0. The molecular formula is C84H84N4O. The Morgan fingerprint density at radius 3 is 1.71 bits per heavy atom.